The number of aliphatic hydroxyl groups excluding tert-OH is 1. The molecular formula is C14H18O3S. The van der Waals surface area contributed by atoms with Crippen LogP contribution in [0.25, 0.3) is 0 Å². The highest BCUT2D eigenvalue weighted by molar-refractivity contribution is 7.99. The molecule has 0 radical (unpaired) electrons. The molecule has 1 atom stereocenters. The van der Waals surface area contributed by atoms with Crippen molar-refractivity contribution in [2.45, 2.75) is 42.9 Å². The van der Waals surface area contributed by atoms with Crippen LogP contribution in [0.5, 0.6) is 0 Å². The summed E-state index contributed by atoms with van der Waals surface area (Å²) >= 11 is 1.75. The van der Waals surface area contributed by atoms with E-state index in [0.29, 0.717) is 23.7 Å². The molecule has 1 aliphatic rings. The van der Waals surface area contributed by atoms with Crippen LogP contribution in [0.4, 0.5) is 0 Å². The van der Waals surface area contributed by atoms with Crippen LogP contribution < -0.4 is 0 Å². The van der Waals surface area contributed by atoms with Crippen LogP contribution in [0.1, 0.15) is 38.4 Å². The maximum Gasteiger partial charge on any atom is 0.312 e. The molecule has 98 valence electrons. The fourth-order valence-electron chi connectivity index (χ4n) is 2.06. The Morgan fingerprint density at radius 2 is 1.83 bits per heavy atom. The van der Waals surface area contributed by atoms with Gasteiger partial charge in [0.05, 0.1) is 11.5 Å². The average Bonchev–Trinajstić information content (AvgIpc) is 3.09. The van der Waals surface area contributed by atoms with Crippen molar-refractivity contribution in [2.24, 2.45) is 5.41 Å². The average molecular weight is 266 g/mol. The number of hydrogen-bond donors (Lipinski definition) is 2. The minimum Gasteiger partial charge on any atom is -0.481 e. The van der Waals surface area contributed by atoms with Crippen molar-refractivity contribution in [3.8, 4) is 0 Å². The largest absolute Gasteiger partial charge is 0.481 e. The van der Waals surface area contributed by atoms with E-state index in [1.807, 2.05) is 24.3 Å². The zero-order valence-electron chi connectivity index (χ0n) is 10.6. The summed E-state index contributed by atoms with van der Waals surface area (Å²) in [6.07, 6.45) is 0.228. The molecular weight excluding hydrogens is 248 g/mol. The lowest BCUT2D eigenvalue weighted by Crippen LogP contribution is -2.23. The van der Waals surface area contributed by atoms with Crippen LogP contribution in [0.3, 0.4) is 0 Å². The third-order valence-corrected chi connectivity index (χ3v) is 4.32. The van der Waals surface area contributed by atoms with Gasteiger partial charge in [0.15, 0.2) is 0 Å². The van der Waals surface area contributed by atoms with Gasteiger partial charge in [-0.05, 0) is 30.5 Å². The fraction of sp³-hybridized carbons (Fsp3) is 0.500. The SMILES string of the molecule is CC(C)Sc1ccc(C(O)C2(C(=O)O)CC2)cc1. The summed E-state index contributed by atoms with van der Waals surface area (Å²) in [5.41, 5.74) is -0.241. The van der Waals surface area contributed by atoms with Crippen LogP contribution in [0.2, 0.25) is 0 Å². The van der Waals surface area contributed by atoms with E-state index >= 15 is 0 Å². The van der Waals surface area contributed by atoms with Crippen molar-refractivity contribution >= 4 is 17.7 Å². The quantitative estimate of drug-likeness (QED) is 0.804. The predicted octanol–water partition coefficient (Wildman–Crippen LogP) is 3.09. The van der Waals surface area contributed by atoms with Gasteiger partial charge >= 0.3 is 5.97 Å². The van der Waals surface area contributed by atoms with Crippen molar-refractivity contribution in [2.75, 3.05) is 0 Å². The number of aliphatic carboxylic acids is 1. The maximum atomic E-state index is 11.1. The van der Waals surface area contributed by atoms with Crippen molar-refractivity contribution in [1.29, 1.82) is 0 Å². The van der Waals surface area contributed by atoms with E-state index in [-0.39, 0.29) is 0 Å². The van der Waals surface area contributed by atoms with Gasteiger partial charge in [0, 0.05) is 10.1 Å². The van der Waals surface area contributed by atoms with Gasteiger partial charge < -0.3 is 10.2 Å². The molecule has 3 nitrogen and oxygen atoms in total. The highest BCUT2D eigenvalue weighted by atomic mass is 32.2. The van der Waals surface area contributed by atoms with Crippen LogP contribution in [0, 0.1) is 5.41 Å². The Morgan fingerprint density at radius 1 is 1.28 bits per heavy atom. The minimum atomic E-state index is -0.938. The first-order valence-corrected chi connectivity index (χ1v) is 7.02. The first kappa shape index (κ1) is 13.4. The molecule has 4 heteroatoms. The number of carbonyl (C=O) groups is 1. The van der Waals surface area contributed by atoms with Gasteiger partial charge in [-0.15, -0.1) is 11.8 Å². The summed E-state index contributed by atoms with van der Waals surface area (Å²) in [6, 6.07) is 7.55. The molecule has 1 aromatic rings. The molecule has 1 fully saturated rings. The molecule has 0 amide bonds. The maximum absolute atomic E-state index is 11.1. The molecule has 0 bridgehead atoms. The molecule has 2 N–H and O–H groups in total. The highest BCUT2D eigenvalue weighted by Gasteiger charge is 2.56. The first-order valence-electron chi connectivity index (χ1n) is 6.14. The lowest BCUT2D eigenvalue weighted by Gasteiger charge is -2.18. The molecule has 0 aliphatic heterocycles. The van der Waals surface area contributed by atoms with Gasteiger partial charge in [0.1, 0.15) is 0 Å². The molecule has 1 saturated carbocycles. The third-order valence-electron chi connectivity index (χ3n) is 3.31. The number of thioether (sulfide) groups is 1. The van der Waals surface area contributed by atoms with E-state index in [1.54, 1.807) is 11.8 Å². The first-order chi connectivity index (χ1) is 8.45. The molecule has 1 aromatic carbocycles. The van der Waals surface area contributed by atoms with E-state index < -0.39 is 17.5 Å². The van der Waals surface area contributed by atoms with Crippen molar-refractivity contribution < 1.29 is 15.0 Å². The minimum absolute atomic E-state index is 0.509. The summed E-state index contributed by atoms with van der Waals surface area (Å²) in [4.78, 5) is 12.3. The second-order valence-electron chi connectivity index (χ2n) is 5.10. The van der Waals surface area contributed by atoms with Crippen LogP contribution in [-0.2, 0) is 4.79 Å². The van der Waals surface area contributed by atoms with Gasteiger partial charge in [0.25, 0.3) is 0 Å². The summed E-state index contributed by atoms with van der Waals surface area (Å²) in [6.45, 7) is 4.24. The van der Waals surface area contributed by atoms with E-state index in [9.17, 15) is 9.90 Å². The van der Waals surface area contributed by atoms with E-state index in [2.05, 4.69) is 13.8 Å². The summed E-state index contributed by atoms with van der Waals surface area (Å²) in [5, 5.41) is 19.8. The molecule has 1 unspecified atom stereocenters. The molecule has 1 aliphatic carbocycles. The zero-order chi connectivity index (χ0) is 13.3. The van der Waals surface area contributed by atoms with Gasteiger partial charge in [-0.3, -0.25) is 4.79 Å². The normalized spacial score (nSPS) is 18.7. The molecule has 0 saturated heterocycles. The van der Waals surface area contributed by atoms with Crippen molar-refractivity contribution in [3.05, 3.63) is 29.8 Å². The van der Waals surface area contributed by atoms with Crippen LogP contribution in [0.15, 0.2) is 29.2 Å². The fourth-order valence-corrected chi connectivity index (χ4v) is 2.90. The lowest BCUT2D eigenvalue weighted by atomic mass is 9.93. The van der Waals surface area contributed by atoms with Gasteiger partial charge in [-0.2, -0.15) is 0 Å². The Morgan fingerprint density at radius 3 is 2.22 bits per heavy atom. The second kappa shape index (κ2) is 4.94. The van der Waals surface area contributed by atoms with Crippen LogP contribution >= 0.6 is 11.8 Å². The van der Waals surface area contributed by atoms with E-state index in [0.717, 1.165) is 4.90 Å². The summed E-state index contributed by atoms with van der Waals surface area (Å²) in [5.74, 6) is -0.893. The molecule has 2 rings (SSSR count). The number of aliphatic hydroxyl groups is 1. The molecule has 0 aromatic heterocycles. The monoisotopic (exact) mass is 266 g/mol. The number of carboxylic acid groups (broad SMARTS) is 1. The Hall–Kier alpha value is -1.00. The van der Waals surface area contributed by atoms with Crippen molar-refractivity contribution in [3.63, 3.8) is 0 Å². The van der Waals surface area contributed by atoms with Gasteiger partial charge in [-0.25, -0.2) is 0 Å². The van der Waals surface area contributed by atoms with Gasteiger partial charge in [0.2, 0.25) is 0 Å². The topological polar surface area (TPSA) is 57.5 Å². The predicted molar refractivity (Wildman–Crippen MR) is 71.7 cm³/mol. The number of carboxylic acids is 1. The van der Waals surface area contributed by atoms with Crippen molar-refractivity contribution in [1.82, 2.24) is 0 Å². The summed E-state index contributed by atoms with van der Waals surface area (Å²) in [7, 11) is 0. The molecule has 0 heterocycles. The molecule has 0 spiro atoms. The van der Waals surface area contributed by atoms with E-state index in [1.165, 1.54) is 0 Å². The Bertz CT molecular complexity index is 435. The Balaban J connectivity index is 2.12. The van der Waals surface area contributed by atoms with Gasteiger partial charge in [-0.1, -0.05) is 26.0 Å². The molecule has 18 heavy (non-hydrogen) atoms. The Labute approximate surface area is 111 Å². The summed E-state index contributed by atoms with van der Waals surface area (Å²) < 4.78 is 0. The standard InChI is InChI=1S/C14H18O3S/c1-9(2)18-11-5-3-10(4-6-11)12(15)14(7-8-14)13(16)17/h3-6,9,12,15H,7-8H2,1-2H3,(H,16,17). The highest BCUT2D eigenvalue weighted by Crippen LogP contribution is 2.55. The van der Waals surface area contributed by atoms with E-state index in [4.69, 9.17) is 5.11 Å². The lowest BCUT2D eigenvalue weighted by molar-refractivity contribution is -0.148. The third kappa shape index (κ3) is 2.54. The Kier molecular flexibility index (Phi) is 3.69. The smallest absolute Gasteiger partial charge is 0.312 e. The number of rotatable bonds is 5. The zero-order valence-corrected chi connectivity index (χ0v) is 11.4. The number of hydrogen-bond acceptors (Lipinski definition) is 3. The second-order valence-corrected chi connectivity index (χ2v) is 6.75. The van der Waals surface area contributed by atoms with Crippen LogP contribution in [-0.4, -0.2) is 21.4 Å². The number of benzene rings is 1.